The molecule has 3 N–H and O–H groups in total. The SMILES string of the molecule is CCC[C](CCC1(C(=N)N)C=Nc2ccccc21)CC(C)C. The molecule has 0 aromatic heterocycles. The zero-order chi connectivity index (χ0) is 16.2. The van der Waals surface area contributed by atoms with Gasteiger partial charge in [0.25, 0.3) is 0 Å². The van der Waals surface area contributed by atoms with Crippen LogP contribution < -0.4 is 5.73 Å². The highest BCUT2D eigenvalue weighted by atomic mass is 14.9. The Balaban J connectivity index is 2.17. The molecule has 1 aromatic rings. The molecule has 0 saturated heterocycles. The molecule has 3 nitrogen and oxygen atoms in total. The van der Waals surface area contributed by atoms with Gasteiger partial charge in [0, 0.05) is 6.21 Å². The van der Waals surface area contributed by atoms with Crippen LogP contribution in [0.15, 0.2) is 29.3 Å². The van der Waals surface area contributed by atoms with E-state index in [0.717, 1.165) is 24.1 Å². The van der Waals surface area contributed by atoms with Gasteiger partial charge in [-0.2, -0.15) is 0 Å². The van der Waals surface area contributed by atoms with Crippen molar-refractivity contribution in [1.29, 1.82) is 5.41 Å². The molecule has 119 valence electrons. The molecular weight excluding hydrogens is 270 g/mol. The van der Waals surface area contributed by atoms with Gasteiger partial charge >= 0.3 is 0 Å². The van der Waals surface area contributed by atoms with Crippen LogP contribution >= 0.6 is 0 Å². The van der Waals surface area contributed by atoms with Crippen molar-refractivity contribution in [3.8, 4) is 0 Å². The molecule has 0 spiro atoms. The summed E-state index contributed by atoms with van der Waals surface area (Å²) in [6.45, 7) is 6.76. The second kappa shape index (κ2) is 7.08. The quantitative estimate of drug-likeness (QED) is 0.526. The topological polar surface area (TPSA) is 62.2 Å². The normalized spacial score (nSPS) is 19.9. The van der Waals surface area contributed by atoms with Crippen molar-refractivity contribution in [3.63, 3.8) is 0 Å². The van der Waals surface area contributed by atoms with Crippen LogP contribution in [0.1, 0.15) is 58.4 Å². The Morgan fingerprint density at radius 3 is 2.64 bits per heavy atom. The zero-order valence-electron chi connectivity index (χ0n) is 14.0. The van der Waals surface area contributed by atoms with E-state index in [1.165, 1.54) is 19.3 Å². The number of fused-ring (bicyclic) bond motifs is 1. The molecule has 1 radical (unpaired) electrons. The van der Waals surface area contributed by atoms with E-state index in [1.807, 2.05) is 24.4 Å². The van der Waals surface area contributed by atoms with Crippen molar-refractivity contribution in [2.75, 3.05) is 0 Å². The van der Waals surface area contributed by atoms with Gasteiger partial charge < -0.3 is 5.73 Å². The maximum atomic E-state index is 8.14. The van der Waals surface area contributed by atoms with Crippen molar-refractivity contribution in [2.24, 2.45) is 16.6 Å². The van der Waals surface area contributed by atoms with Crippen molar-refractivity contribution in [2.45, 2.75) is 58.3 Å². The van der Waals surface area contributed by atoms with E-state index in [9.17, 15) is 0 Å². The predicted molar refractivity (Wildman–Crippen MR) is 95.0 cm³/mol. The summed E-state index contributed by atoms with van der Waals surface area (Å²) >= 11 is 0. The average Bonchev–Trinajstić information content (AvgIpc) is 2.85. The molecule has 1 aromatic carbocycles. The van der Waals surface area contributed by atoms with E-state index in [-0.39, 0.29) is 5.84 Å². The van der Waals surface area contributed by atoms with Crippen LogP contribution in [-0.2, 0) is 5.41 Å². The van der Waals surface area contributed by atoms with Crippen LogP contribution in [0, 0.1) is 17.2 Å². The first-order valence-electron chi connectivity index (χ1n) is 8.32. The van der Waals surface area contributed by atoms with Gasteiger partial charge in [0.05, 0.1) is 11.1 Å². The summed E-state index contributed by atoms with van der Waals surface area (Å²) in [5.74, 6) is 2.48. The van der Waals surface area contributed by atoms with Crippen LogP contribution in [0.4, 0.5) is 5.69 Å². The van der Waals surface area contributed by atoms with Gasteiger partial charge in [-0.05, 0) is 49.1 Å². The number of nitrogens with two attached hydrogens (primary N) is 1. The first kappa shape index (κ1) is 16.7. The average molecular weight is 298 g/mol. The highest BCUT2D eigenvalue weighted by Gasteiger charge is 2.39. The number of nitrogens with one attached hydrogen (secondary N) is 1. The Labute approximate surface area is 134 Å². The first-order chi connectivity index (χ1) is 10.5. The lowest BCUT2D eigenvalue weighted by Gasteiger charge is -2.29. The molecular formula is C19H28N3. The molecule has 1 unspecified atom stereocenters. The highest BCUT2D eigenvalue weighted by molar-refractivity contribution is 6.09. The number of benzene rings is 1. The number of hydrogen-bond donors (Lipinski definition) is 2. The molecule has 0 bridgehead atoms. The summed E-state index contributed by atoms with van der Waals surface area (Å²) in [7, 11) is 0. The molecule has 1 aliphatic rings. The third kappa shape index (κ3) is 3.40. The minimum absolute atomic E-state index is 0.210. The third-order valence-electron chi connectivity index (χ3n) is 4.46. The number of aliphatic imine (C=N–C) groups is 1. The van der Waals surface area contributed by atoms with Gasteiger partial charge in [-0.25, -0.2) is 0 Å². The minimum Gasteiger partial charge on any atom is -0.387 e. The van der Waals surface area contributed by atoms with Crippen molar-refractivity contribution in [1.82, 2.24) is 0 Å². The van der Waals surface area contributed by atoms with Crippen LogP contribution in [-0.4, -0.2) is 12.1 Å². The van der Waals surface area contributed by atoms with Gasteiger partial charge in [-0.3, -0.25) is 10.4 Å². The Morgan fingerprint density at radius 1 is 1.27 bits per heavy atom. The van der Waals surface area contributed by atoms with Crippen LogP contribution in [0.2, 0.25) is 0 Å². The Morgan fingerprint density at radius 2 is 2.00 bits per heavy atom. The monoisotopic (exact) mass is 298 g/mol. The highest BCUT2D eigenvalue weighted by Crippen LogP contribution is 2.41. The molecule has 1 heterocycles. The van der Waals surface area contributed by atoms with Crippen LogP contribution in [0.5, 0.6) is 0 Å². The van der Waals surface area contributed by atoms with E-state index in [1.54, 1.807) is 5.92 Å². The lowest BCUT2D eigenvalue weighted by Crippen LogP contribution is -2.41. The first-order valence-corrected chi connectivity index (χ1v) is 8.32. The van der Waals surface area contributed by atoms with Gasteiger partial charge in [-0.1, -0.05) is 45.4 Å². The Hall–Kier alpha value is -1.64. The van der Waals surface area contributed by atoms with Gasteiger partial charge in [0.2, 0.25) is 0 Å². The third-order valence-corrected chi connectivity index (χ3v) is 4.46. The van der Waals surface area contributed by atoms with E-state index in [2.05, 4.69) is 31.8 Å². The maximum Gasteiger partial charge on any atom is 0.107 e. The molecule has 0 aliphatic carbocycles. The van der Waals surface area contributed by atoms with Gasteiger partial charge in [0.1, 0.15) is 5.84 Å². The lowest BCUT2D eigenvalue weighted by atomic mass is 9.74. The zero-order valence-corrected chi connectivity index (χ0v) is 14.0. The molecule has 22 heavy (non-hydrogen) atoms. The summed E-state index contributed by atoms with van der Waals surface area (Å²) in [5, 5.41) is 8.14. The molecule has 1 aliphatic heterocycles. The minimum atomic E-state index is -0.507. The summed E-state index contributed by atoms with van der Waals surface area (Å²) in [5.41, 5.74) is 7.53. The summed E-state index contributed by atoms with van der Waals surface area (Å²) in [6, 6.07) is 8.06. The molecule has 1 atom stereocenters. The number of hydrogen-bond acceptors (Lipinski definition) is 2. The second-order valence-corrected chi connectivity index (χ2v) is 6.76. The fourth-order valence-electron chi connectivity index (χ4n) is 3.40. The van der Waals surface area contributed by atoms with E-state index < -0.39 is 5.41 Å². The maximum absolute atomic E-state index is 8.14. The fraction of sp³-hybridized carbons (Fsp3) is 0.526. The molecule has 0 saturated carbocycles. The summed E-state index contributed by atoms with van der Waals surface area (Å²) in [4.78, 5) is 4.50. The molecule has 3 heteroatoms. The summed E-state index contributed by atoms with van der Waals surface area (Å²) < 4.78 is 0. The number of nitrogens with zero attached hydrogens (tertiary/aromatic N) is 1. The van der Waals surface area contributed by atoms with E-state index >= 15 is 0 Å². The van der Waals surface area contributed by atoms with Crippen molar-refractivity contribution < 1.29 is 0 Å². The summed E-state index contributed by atoms with van der Waals surface area (Å²) in [6.07, 6.45) is 7.28. The molecule has 0 amide bonds. The largest absolute Gasteiger partial charge is 0.387 e. The second-order valence-electron chi connectivity index (χ2n) is 6.76. The van der Waals surface area contributed by atoms with E-state index in [4.69, 9.17) is 11.1 Å². The number of para-hydroxylation sites is 1. The lowest BCUT2D eigenvalue weighted by molar-refractivity contribution is 0.507. The standard InChI is InChI=1S/C19H28N3/c1-4-7-15(12-14(2)3)10-11-19(18(20)21)13-22-17-9-6-5-8-16(17)19/h5-6,8-9,13-14H,4,7,10-12H2,1-3H3,(H3,20,21). The number of rotatable bonds is 8. The Bertz CT molecular complexity index is 547. The van der Waals surface area contributed by atoms with Crippen molar-refractivity contribution >= 4 is 17.7 Å². The van der Waals surface area contributed by atoms with E-state index in [0.29, 0.717) is 5.92 Å². The molecule has 2 rings (SSSR count). The predicted octanol–water partition coefficient (Wildman–Crippen LogP) is 4.78. The molecule has 0 fully saturated rings. The number of amidine groups is 1. The Kier molecular flexibility index (Phi) is 5.38. The van der Waals surface area contributed by atoms with Crippen molar-refractivity contribution in [3.05, 3.63) is 35.7 Å². The van der Waals surface area contributed by atoms with Crippen LogP contribution in [0.3, 0.4) is 0 Å². The van der Waals surface area contributed by atoms with Crippen LogP contribution in [0.25, 0.3) is 0 Å². The van der Waals surface area contributed by atoms with Gasteiger partial charge in [0.15, 0.2) is 0 Å². The fourth-order valence-corrected chi connectivity index (χ4v) is 3.40. The smallest absolute Gasteiger partial charge is 0.107 e. The van der Waals surface area contributed by atoms with Gasteiger partial charge in [-0.15, -0.1) is 0 Å².